The Morgan fingerprint density at radius 3 is 2.06 bits per heavy atom. The molecule has 1 rings (SSSR count). The van der Waals surface area contributed by atoms with E-state index < -0.39 is 7.60 Å². The number of hydrogen-bond acceptors (Lipinski definition) is 1. The van der Waals surface area contributed by atoms with Gasteiger partial charge in [0.05, 0.1) is 5.30 Å². The minimum Gasteiger partial charge on any atom is -0.321 e. The van der Waals surface area contributed by atoms with Crippen LogP contribution in [-0.4, -0.2) is 9.79 Å². The molecule has 0 heterocycles. The average Bonchev–Trinajstić information content (AvgIpc) is 2.25. The SMILES string of the molecule is CCC(=Cc1ccc(P(=O)(O)O)cc1)CC. The largest absolute Gasteiger partial charge is 0.356 e. The average molecular weight is 240 g/mol. The summed E-state index contributed by atoms with van der Waals surface area (Å²) in [5.41, 5.74) is 2.31. The number of benzene rings is 1. The monoisotopic (exact) mass is 240 g/mol. The molecule has 3 nitrogen and oxygen atoms in total. The molecule has 0 aliphatic rings. The standard InChI is InChI=1S/C12H17O3P/c1-3-10(4-2)9-11-5-7-12(8-6-11)16(13,14)15/h5-9H,3-4H2,1-2H3,(H2,13,14,15). The zero-order chi connectivity index (χ0) is 12.2. The van der Waals surface area contributed by atoms with Gasteiger partial charge in [0, 0.05) is 0 Å². The molecule has 88 valence electrons. The van der Waals surface area contributed by atoms with Crippen LogP contribution in [0.2, 0.25) is 0 Å². The first-order valence-corrected chi connectivity index (χ1v) is 6.94. The summed E-state index contributed by atoms with van der Waals surface area (Å²) in [4.78, 5) is 17.9. The van der Waals surface area contributed by atoms with Gasteiger partial charge in [-0.3, -0.25) is 4.57 Å². The summed E-state index contributed by atoms with van der Waals surface area (Å²) < 4.78 is 11.0. The zero-order valence-corrected chi connectivity index (χ0v) is 10.4. The Kier molecular flexibility index (Phi) is 4.48. The quantitative estimate of drug-likeness (QED) is 0.795. The molecule has 0 saturated heterocycles. The van der Waals surface area contributed by atoms with Gasteiger partial charge in [-0.25, -0.2) is 0 Å². The van der Waals surface area contributed by atoms with Crippen molar-refractivity contribution in [1.29, 1.82) is 0 Å². The van der Waals surface area contributed by atoms with E-state index in [0.29, 0.717) is 0 Å². The Hall–Kier alpha value is -0.890. The third kappa shape index (κ3) is 3.60. The normalized spacial score (nSPS) is 11.2. The van der Waals surface area contributed by atoms with Gasteiger partial charge in [0.15, 0.2) is 0 Å². The van der Waals surface area contributed by atoms with Crippen LogP contribution in [-0.2, 0) is 4.57 Å². The second-order valence-electron chi connectivity index (χ2n) is 3.65. The zero-order valence-electron chi connectivity index (χ0n) is 9.55. The second-order valence-corrected chi connectivity index (χ2v) is 5.25. The van der Waals surface area contributed by atoms with Crippen LogP contribution in [0.1, 0.15) is 32.3 Å². The van der Waals surface area contributed by atoms with Crippen LogP contribution in [0.25, 0.3) is 6.08 Å². The summed E-state index contributed by atoms with van der Waals surface area (Å²) in [7, 11) is -4.11. The fourth-order valence-electron chi connectivity index (χ4n) is 1.45. The maximum Gasteiger partial charge on any atom is 0.356 e. The first kappa shape index (κ1) is 13.2. The van der Waals surface area contributed by atoms with Crippen LogP contribution in [0.5, 0.6) is 0 Å². The van der Waals surface area contributed by atoms with Gasteiger partial charge in [0.1, 0.15) is 0 Å². The van der Waals surface area contributed by atoms with Crippen LogP contribution in [0.15, 0.2) is 29.8 Å². The first-order valence-electron chi connectivity index (χ1n) is 5.33. The van der Waals surface area contributed by atoms with Crippen LogP contribution >= 0.6 is 7.60 Å². The molecule has 0 saturated carbocycles. The molecule has 0 fully saturated rings. The topological polar surface area (TPSA) is 57.5 Å². The van der Waals surface area contributed by atoms with Crippen molar-refractivity contribution < 1.29 is 14.4 Å². The Morgan fingerprint density at radius 2 is 1.69 bits per heavy atom. The molecule has 0 spiro atoms. The molecular formula is C12H17O3P. The molecule has 16 heavy (non-hydrogen) atoms. The van der Waals surface area contributed by atoms with E-state index >= 15 is 0 Å². The highest BCUT2D eigenvalue weighted by molar-refractivity contribution is 7.60. The molecule has 0 bridgehead atoms. The van der Waals surface area contributed by atoms with Gasteiger partial charge < -0.3 is 9.79 Å². The van der Waals surface area contributed by atoms with Crippen LogP contribution in [0.3, 0.4) is 0 Å². The number of allylic oxidation sites excluding steroid dienone is 1. The second kappa shape index (κ2) is 5.44. The van der Waals surface area contributed by atoms with Gasteiger partial charge in [-0.05, 0) is 30.5 Å². The van der Waals surface area contributed by atoms with E-state index in [1.807, 2.05) is 0 Å². The van der Waals surface area contributed by atoms with Crippen molar-refractivity contribution in [2.45, 2.75) is 26.7 Å². The fourth-order valence-corrected chi connectivity index (χ4v) is 1.99. The summed E-state index contributed by atoms with van der Waals surface area (Å²) in [6, 6.07) is 6.44. The molecule has 4 heteroatoms. The highest BCUT2D eigenvalue weighted by atomic mass is 31.2. The van der Waals surface area contributed by atoms with E-state index in [1.165, 1.54) is 17.7 Å². The van der Waals surface area contributed by atoms with Gasteiger partial charge in [-0.2, -0.15) is 0 Å². The molecule has 1 aromatic rings. The molecule has 0 aromatic heterocycles. The molecule has 0 amide bonds. The van der Waals surface area contributed by atoms with Crippen LogP contribution < -0.4 is 5.30 Å². The summed E-state index contributed by atoms with van der Waals surface area (Å²) in [6.45, 7) is 4.19. The van der Waals surface area contributed by atoms with Crippen LogP contribution in [0.4, 0.5) is 0 Å². The Bertz CT molecular complexity index is 408. The van der Waals surface area contributed by atoms with Gasteiger partial charge in [-0.15, -0.1) is 0 Å². The van der Waals surface area contributed by atoms with Crippen molar-refractivity contribution in [3.63, 3.8) is 0 Å². The Labute approximate surface area is 96.0 Å². The number of hydrogen-bond donors (Lipinski definition) is 2. The fraction of sp³-hybridized carbons (Fsp3) is 0.333. The van der Waals surface area contributed by atoms with E-state index in [-0.39, 0.29) is 5.30 Å². The molecule has 1 aromatic carbocycles. The van der Waals surface area contributed by atoms with Gasteiger partial charge in [0.2, 0.25) is 0 Å². The molecule has 2 N–H and O–H groups in total. The molecule has 0 radical (unpaired) electrons. The van der Waals surface area contributed by atoms with E-state index in [0.717, 1.165) is 18.4 Å². The predicted molar refractivity (Wildman–Crippen MR) is 66.7 cm³/mol. The first-order chi connectivity index (χ1) is 7.47. The Balaban J connectivity index is 2.96. The van der Waals surface area contributed by atoms with Gasteiger partial charge >= 0.3 is 7.60 Å². The summed E-state index contributed by atoms with van der Waals surface area (Å²) >= 11 is 0. The summed E-state index contributed by atoms with van der Waals surface area (Å²) in [5, 5.41) is 0.0687. The minimum absolute atomic E-state index is 0.0687. The molecule has 0 aliphatic carbocycles. The van der Waals surface area contributed by atoms with E-state index in [1.54, 1.807) is 12.1 Å². The lowest BCUT2D eigenvalue weighted by Crippen LogP contribution is -2.02. The summed E-state index contributed by atoms with van der Waals surface area (Å²) in [6.07, 6.45) is 4.05. The molecular weight excluding hydrogens is 223 g/mol. The van der Waals surface area contributed by atoms with Crippen molar-refractivity contribution >= 4 is 19.0 Å². The van der Waals surface area contributed by atoms with E-state index in [2.05, 4.69) is 19.9 Å². The Morgan fingerprint density at radius 1 is 1.19 bits per heavy atom. The van der Waals surface area contributed by atoms with Crippen molar-refractivity contribution in [3.8, 4) is 0 Å². The minimum atomic E-state index is -4.11. The van der Waals surface area contributed by atoms with Crippen molar-refractivity contribution in [2.75, 3.05) is 0 Å². The van der Waals surface area contributed by atoms with E-state index in [4.69, 9.17) is 9.79 Å². The highest BCUT2D eigenvalue weighted by Crippen LogP contribution is 2.32. The van der Waals surface area contributed by atoms with Gasteiger partial charge in [0.25, 0.3) is 0 Å². The lowest BCUT2D eigenvalue weighted by molar-refractivity contribution is 0.387. The van der Waals surface area contributed by atoms with Crippen molar-refractivity contribution in [1.82, 2.24) is 0 Å². The summed E-state index contributed by atoms with van der Waals surface area (Å²) in [5.74, 6) is 0. The lowest BCUT2D eigenvalue weighted by Gasteiger charge is -2.04. The molecule has 0 aliphatic heterocycles. The van der Waals surface area contributed by atoms with E-state index in [9.17, 15) is 4.57 Å². The predicted octanol–water partition coefficient (Wildman–Crippen LogP) is 2.69. The van der Waals surface area contributed by atoms with Crippen molar-refractivity contribution in [3.05, 3.63) is 35.4 Å². The van der Waals surface area contributed by atoms with Gasteiger partial charge in [-0.1, -0.05) is 37.6 Å². The lowest BCUT2D eigenvalue weighted by atomic mass is 10.1. The molecule has 0 unspecified atom stereocenters. The number of rotatable bonds is 4. The maximum atomic E-state index is 11.0. The highest BCUT2D eigenvalue weighted by Gasteiger charge is 2.15. The maximum absolute atomic E-state index is 11.0. The smallest absolute Gasteiger partial charge is 0.321 e. The molecule has 0 atom stereocenters. The third-order valence-electron chi connectivity index (χ3n) is 2.51. The van der Waals surface area contributed by atoms with Crippen LogP contribution in [0, 0.1) is 0 Å². The third-order valence-corrected chi connectivity index (χ3v) is 3.48. The van der Waals surface area contributed by atoms with Crippen molar-refractivity contribution in [2.24, 2.45) is 0 Å².